The number of aromatic nitrogens is 4. The minimum Gasteiger partial charge on any atom is -0.268 e. The largest absolute Gasteiger partial charge is 0.268 e. The third kappa shape index (κ3) is 2.79. The van der Waals surface area contributed by atoms with Crippen LogP contribution in [0.3, 0.4) is 0 Å². The Morgan fingerprint density at radius 3 is 1.56 bits per heavy atom. The zero-order valence-corrected chi connectivity index (χ0v) is 11.8. The van der Waals surface area contributed by atoms with Crippen molar-refractivity contribution in [1.82, 2.24) is 24.5 Å². The van der Waals surface area contributed by atoms with E-state index >= 15 is 0 Å². The van der Waals surface area contributed by atoms with Gasteiger partial charge in [0.15, 0.2) is 0 Å². The summed E-state index contributed by atoms with van der Waals surface area (Å²) in [6, 6.07) is 4.19. The maximum absolute atomic E-state index is 4.46. The van der Waals surface area contributed by atoms with Crippen LogP contribution < -0.4 is 0 Å². The third-order valence-corrected chi connectivity index (χ3v) is 2.96. The summed E-state index contributed by atoms with van der Waals surface area (Å²) in [5.41, 5.74) is 4.50. The fourth-order valence-corrected chi connectivity index (χ4v) is 2.14. The minimum atomic E-state index is 0.776. The van der Waals surface area contributed by atoms with Crippen molar-refractivity contribution in [3.8, 4) is 0 Å². The summed E-state index contributed by atoms with van der Waals surface area (Å²) in [5, 5.41) is 8.93. The molecule has 0 unspecified atom stereocenters. The fourth-order valence-electron chi connectivity index (χ4n) is 2.14. The van der Waals surface area contributed by atoms with Crippen molar-refractivity contribution in [3.63, 3.8) is 0 Å². The van der Waals surface area contributed by atoms with Crippen LogP contribution in [0.2, 0.25) is 0 Å². The first-order valence-electron chi connectivity index (χ1n) is 6.16. The lowest BCUT2D eigenvalue weighted by atomic mass is 10.4. The summed E-state index contributed by atoms with van der Waals surface area (Å²) < 4.78 is 4.03. The van der Waals surface area contributed by atoms with Crippen molar-refractivity contribution in [2.24, 2.45) is 0 Å². The van der Waals surface area contributed by atoms with Gasteiger partial charge in [0.25, 0.3) is 0 Å². The summed E-state index contributed by atoms with van der Waals surface area (Å²) in [5.74, 6) is 0. The van der Waals surface area contributed by atoms with Gasteiger partial charge in [-0.1, -0.05) is 0 Å². The average Bonchev–Trinajstić information content (AvgIpc) is 2.71. The molecule has 0 saturated carbocycles. The van der Waals surface area contributed by atoms with Gasteiger partial charge in [0.2, 0.25) is 0 Å². The molecule has 0 aromatic carbocycles. The number of aryl methyl sites for hydroxylation is 4. The Bertz CT molecular complexity index is 489. The Hall–Kier alpha value is -1.62. The molecule has 0 radical (unpaired) electrons. The molecule has 0 aliphatic carbocycles. The van der Waals surface area contributed by atoms with Crippen LogP contribution in [0.1, 0.15) is 22.8 Å². The fraction of sp³-hybridized carbons (Fsp3) is 0.538. The van der Waals surface area contributed by atoms with Crippen molar-refractivity contribution in [1.29, 1.82) is 0 Å². The van der Waals surface area contributed by atoms with Crippen molar-refractivity contribution in [2.45, 2.75) is 41.0 Å². The quantitative estimate of drug-likeness (QED) is 0.828. The van der Waals surface area contributed by atoms with Gasteiger partial charge in [0, 0.05) is 11.4 Å². The van der Waals surface area contributed by atoms with Crippen molar-refractivity contribution < 1.29 is 0 Å². The van der Waals surface area contributed by atoms with Gasteiger partial charge in [-0.25, -0.2) is 0 Å². The Morgan fingerprint density at radius 1 is 0.889 bits per heavy atom. The molecule has 5 nitrogen and oxygen atoms in total. The van der Waals surface area contributed by atoms with E-state index in [0.29, 0.717) is 0 Å². The standard InChI is InChI=1S/C13H21N5/c1-10-6-12(3)17(14-10)8-16(5)9-18-13(4)7-11(2)15-18/h6-7H,8-9H2,1-5H3. The van der Waals surface area contributed by atoms with Crippen LogP contribution in [0.15, 0.2) is 12.1 Å². The van der Waals surface area contributed by atoms with Crippen LogP contribution in [-0.2, 0) is 13.3 Å². The molecule has 2 rings (SSSR count). The van der Waals surface area contributed by atoms with E-state index in [1.807, 2.05) is 23.2 Å². The second-order valence-electron chi connectivity index (χ2n) is 4.99. The van der Waals surface area contributed by atoms with E-state index < -0.39 is 0 Å². The second kappa shape index (κ2) is 4.94. The van der Waals surface area contributed by atoms with Gasteiger partial charge in [-0.2, -0.15) is 10.2 Å². The van der Waals surface area contributed by atoms with Crippen LogP contribution in [0, 0.1) is 27.7 Å². The predicted octanol–water partition coefficient (Wildman–Crippen LogP) is 1.86. The van der Waals surface area contributed by atoms with Crippen molar-refractivity contribution >= 4 is 0 Å². The normalized spacial score (nSPS) is 11.4. The first kappa shape index (κ1) is 12.8. The zero-order chi connectivity index (χ0) is 13.3. The Kier molecular flexibility index (Phi) is 3.52. The SMILES string of the molecule is Cc1cc(C)n(CN(C)Cn2nc(C)cc2C)n1. The van der Waals surface area contributed by atoms with Crippen LogP contribution in [0.25, 0.3) is 0 Å². The van der Waals surface area contributed by atoms with E-state index in [4.69, 9.17) is 0 Å². The Morgan fingerprint density at radius 2 is 1.28 bits per heavy atom. The molecular weight excluding hydrogens is 226 g/mol. The zero-order valence-electron chi connectivity index (χ0n) is 11.8. The highest BCUT2D eigenvalue weighted by Crippen LogP contribution is 2.06. The molecule has 0 bridgehead atoms. The van der Waals surface area contributed by atoms with Crippen molar-refractivity contribution in [2.75, 3.05) is 7.05 Å². The highest BCUT2D eigenvalue weighted by atomic mass is 15.4. The number of hydrogen-bond acceptors (Lipinski definition) is 3. The molecule has 0 aliphatic heterocycles. The first-order valence-corrected chi connectivity index (χ1v) is 6.16. The smallest absolute Gasteiger partial charge is 0.0943 e. The lowest BCUT2D eigenvalue weighted by molar-refractivity contribution is 0.189. The molecule has 2 aromatic heterocycles. The highest BCUT2D eigenvalue weighted by molar-refractivity contribution is 5.07. The predicted molar refractivity (Wildman–Crippen MR) is 71.2 cm³/mol. The Labute approximate surface area is 108 Å². The molecule has 0 atom stereocenters. The van der Waals surface area contributed by atoms with Gasteiger partial charge in [0.1, 0.15) is 0 Å². The molecule has 0 N–H and O–H groups in total. The molecule has 18 heavy (non-hydrogen) atoms. The van der Waals surface area contributed by atoms with Gasteiger partial charge in [0.05, 0.1) is 24.7 Å². The number of hydrogen-bond donors (Lipinski definition) is 0. The summed E-state index contributed by atoms with van der Waals surface area (Å²) in [6.45, 7) is 9.75. The van der Waals surface area contributed by atoms with Gasteiger partial charge < -0.3 is 0 Å². The van der Waals surface area contributed by atoms with Crippen LogP contribution in [-0.4, -0.2) is 31.5 Å². The van der Waals surface area contributed by atoms with E-state index in [-0.39, 0.29) is 0 Å². The number of nitrogens with zero attached hydrogens (tertiary/aromatic N) is 5. The lowest BCUT2D eigenvalue weighted by Gasteiger charge is -2.18. The summed E-state index contributed by atoms with van der Waals surface area (Å²) >= 11 is 0. The van der Waals surface area contributed by atoms with E-state index in [0.717, 1.165) is 24.7 Å². The molecule has 5 heteroatoms. The molecule has 0 saturated heterocycles. The molecule has 0 amide bonds. The van der Waals surface area contributed by atoms with Gasteiger partial charge in [-0.05, 0) is 46.9 Å². The molecule has 2 aromatic rings. The second-order valence-corrected chi connectivity index (χ2v) is 4.99. The van der Waals surface area contributed by atoms with Crippen LogP contribution >= 0.6 is 0 Å². The van der Waals surface area contributed by atoms with Gasteiger partial charge in [-0.15, -0.1) is 0 Å². The molecular formula is C13H21N5. The van der Waals surface area contributed by atoms with E-state index in [2.05, 4.69) is 48.1 Å². The number of rotatable bonds is 4. The van der Waals surface area contributed by atoms with Gasteiger partial charge >= 0.3 is 0 Å². The monoisotopic (exact) mass is 247 g/mol. The van der Waals surface area contributed by atoms with E-state index in [1.54, 1.807) is 0 Å². The topological polar surface area (TPSA) is 38.9 Å². The van der Waals surface area contributed by atoms with Crippen LogP contribution in [0.4, 0.5) is 0 Å². The summed E-state index contributed by atoms with van der Waals surface area (Å²) in [7, 11) is 2.08. The maximum Gasteiger partial charge on any atom is 0.0943 e. The lowest BCUT2D eigenvalue weighted by Crippen LogP contribution is -2.27. The van der Waals surface area contributed by atoms with Crippen molar-refractivity contribution in [3.05, 3.63) is 34.9 Å². The molecule has 2 heterocycles. The first-order chi connectivity index (χ1) is 8.45. The molecule has 0 spiro atoms. The van der Waals surface area contributed by atoms with E-state index in [1.165, 1.54) is 11.4 Å². The highest BCUT2D eigenvalue weighted by Gasteiger charge is 2.07. The van der Waals surface area contributed by atoms with Crippen LogP contribution in [0.5, 0.6) is 0 Å². The minimum absolute atomic E-state index is 0.776. The maximum atomic E-state index is 4.46. The van der Waals surface area contributed by atoms with E-state index in [9.17, 15) is 0 Å². The third-order valence-electron chi connectivity index (χ3n) is 2.96. The van der Waals surface area contributed by atoms with Gasteiger partial charge in [-0.3, -0.25) is 14.3 Å². The average molecular weight is 247 g/mol. The molecule has 98 valence electrons. The summed E-state index contributed by atoms with van der Waals surface area (Å²) in [6.07, 6.45) is 0. The molecule has 0 fully saturated rings. The molecule has 0 aliphatic rings. The Balaban J connectivity index is 2.03. The summed E-state index contributed by atoms with van der Waals surface area (Å²) in [4.78, 5) is 2.19.